The van der Waals surface area contributed by atoms with Crippen LogP contribution in [0.1, 0.15) is 63.1 Å². The van der Waals surface area contributed by atoms with Crippen LogP contribution in [0.15, 0.2) is 95.4 Å². The van der Waals surface area contributed by atoms with Crippen LogP contribution in [0.4, 0.5) is 11.4 Å². The maximum atomic E-state index is 6.40. The van der Waals surface area contributed by atoms with Gasteiger partial charge in [-0.1, -0.05) is 69.3 Å². The van der Waals surface area contributed by atoms with Crippen LogP contribution >= 0.6 is 0 Å². The number of fused-ring (bicyclic) bond motifs is 7. The first kappa shape index (κ1) is 24.4. The minimum absolute atomic E-state index is 0.148. The Morgan fingerprint density at radius 3 is 2.21 bits per heavy atom. The average molecular weight is 560 g/mol. The van der Waals surface area contributed by atoms with E-state index in [1.807, 2.05) is 0 Å². The van der Waals surface area contributed by atoms with Gasteiger partial charge >= 0.3 is 0 Å². The summed E-state index contributed by atoms with van der Waals surface area (Å²) in [5, 5.41) is 8.61. The van der Waals surface area contributed by atoms with E-state index in [0.717, 1.165) is 40.5 Å². The molecule has 1 N–H and O–H groups in total. The molecule has 43 heavy (non-hydrogen) atoms. The van der Waals surface area contributed by atoms with Crippen LogP contribution in [0.3, 0.4) is 0 Å². The van der Waals surface area contributed by atoms with Crippen LogP contribution in [-0.2, 0) is 10.8 Å². The van der Waals surface area contributed by atoms with E-state index in [1.165, 1.54) is 69.6 Å². The Morgan fingerprint density at radius 1 is 0.674 bits per heavy atom. The van der Waals surface area contributed by atoms with E-state index in [0.29, 0.717) is 0 Å². The molecule has 0 amide bonds. The first-order valence-electron chi connectivity index (χ1n) is 16.3. The molecular formula is C41H37NO. The molecule has 4 saturated carbocycles. The molecule has 11 rings (SSSR count). The maximum Gasteiger partial charge on any atom is 0.137 e. The molecule has 5 aromatic carbocycles. The number of furan rings is 1. The van der Waals surface area contributed by atoms with Crippen molar-refractivity contribution >= 4 is 44.1 Å². The lowest BCUT2D eigenvalue weighted by molar-refractivity contribution is 0.190. The van der Waals surface area contributed by atoms with Crippen molar-refractivity contribution in [2.24, 2.45) is 23.7 Å². The molecule has 1 heterocycles. The Kier molecular flexibility index (Phi) is 4.60. The molecule has 0 radical (unpaired) electrons. The molecule has 4 fully saturated rings. The van der Waals surface area contributed by atoms with E-state index in [1.54, 1.807) is 11.1 Å². The van der Waals surface area contributed by atoms with Crippen molar-refractivity contribution in [3.05, 3.63) is 108 Å². The van der Waals surface area contributed by atoms with Crippen LogP contribution in [0.2, 0.25) is 0 Å². The van der Waals surface area contributed by atoms with Gasteiger partial charge in [0.05, 0.1) is 0 Å². The molecule has 5 aliphatic carbocycles. The zero-order chi connectivity index (χ0) is 28.7. The minimum Gasteiger partial charge on any atom is -0.456 e. The molecule has 5 atom stereocenters. The number of nitrogens with one attached hydrogen (secondary N) is 1. The standard InChI is InChI=1S/C41H37NO/c1-40(2,3)27-8-11-31-32-12-9-29(21-37(32)41(36(31)20-27)28-15-23-14-26(17-28)35(41)16-23)42-30-10-13-33-34-18-24-6-4-5-7-25(24)19-38(34)43-39(33)22-30/h4-13,18-23,26,28,35,42H,14-17H2,1-3H3. The molecule has 6 aromatic rings. The Bertz CT molecular complexity index is 2140. The van der Waals surface area contributed by atoms with Crippen LogP contribution in [0, 0.1) is 23.7 Å². The summed E-state index contributed by atoms with van der Waals surface area (Å²) in [5.74, 6) is 3.39. The summed E-state index contributed by atoms with van der Waals surface area (Å²) in [6.07, 6.45) is 5.68. The summed E-state index contributed by atoms with van der Waals surface area (Å²) in [4.78, 5) is 0. The zero-order valence-corrected chi connectivity index (χ0v) is 25.2. The number of hydrogen-bond donors (Lipinski definition) is 1. The number of anilines is 2. The fourth-order valence-electron chi connectivity index (χ4n) is 10.3. The van der Waals surface area contributed by atoms with Gasteiger partial charge < -0.3 is 9.73 Å². The van der Waals surface area contributed by atoms with Crippen molar-refractivity contribution in [1.29, 1.82) is 0 Å². The van der Waals surface area contributed by atoms with Gasteiger partial charge in [-0.25, -0.2) is 0 Å². The molecule has 2 nitrogen and oxygen atoms in total. The smallest absolute Gasteiger partial charge is 0.137 e. The highest BCUT2D eigenvalue weighted by Crippen LogP contribution is 2.73. The van der Waals surface area contributed by atoms with E-state index in [9.17, 15) is 0 Å². The molecule has 212 valence electrons. The van der Waals surface area contributed by atoms with Gasteiger partial charge in [-0.3, -0.25) is 0 Å². The van der Waals surface area contributed by atoms with Gasteiger partial charge in [0.15, 0.2) is 0 Å². The van der Waals surface area contributed by atoms with Gasteiger partial charge in [-0.15, -0.1) is 0 Å². The normalized spacial score (nSPS) is 26.7. The van der Waals surface area contributed by atoms with E-state index in [-0.39, 0.29) is 10.8 Å². The zero-order valence-electron chi connectivity index (χ0n) is 25.2. The fourth-order valence-corrected chi connectivity index (χ4v) is 10.3. The second kappa shape index (κ2) is 8.11. The largest absolute Gasteiger partial charge is 0.456 e. The van der Waals surface area contributed by atoms with E-state index >= 15 is 0 Å². The van der Waals surface area contributed by atoms with Gasteiger partial charge in [0.25, 0.3) is 0 Å². The van der Waals surface area contributed by atoms with Gasteiger partial charge in [-0.2, -0.15) is 0 Å². The SMILES string of the molecule is CC(C)(C)c1ccc2c(c1)C1(c3cc(Nc4ccc5c(c4)oc4cc6ccccc6cc45)ccc3-2)C2CC3CC(C2)C1C3. The molecular weight excluding hydrogens is 522 g/mol. The third kappa shape index (κ3) is 3.19. The van der Waals surface area contributed by atoms with E-state index < -0.39 is 0 Å². The van der Waals surface area contributed by atoms with E-state index in [4.69, 9.17) is 4.42 Å². The van der Waals surface area contributed by atoms with Gasteiger partial charge in [-0.05, 0) is 130 Å². The molecule has 0 saturated heterocycles. The maximum absolute atomic E-state index is 6.40. The van der Waals surface area contributed by atoms with Gasteiger partial charge in [0.1, 0.15) is 11.2 Å². The minimum atomic E-state index is 0.148. The predicted octanol–water partition coefficient (Wildman–Crippen LogP) is 11.1. The number of benzene rings is 5. The van der Waals surface area contributed by atoms with Crippen molar-refractivity contribution in [2.45, 2.75) is 57.3 Å². The predicted molar refractivity (Wildman–Crippen MR) is 178 cm³/mol. The Balaban J connectivity index is 1.08. The first-order chi connectivity index (χ1) is 20.9. The second-order valence-electron chi connectivity index (χ2n) is 15.1. The summed E-state index contributed by atoms with van der Waals surface area (Å²) in [5.41, 5.74) is 12.1. The van der Waals surface area contributed by atoms with Crippen LogP contribution in [-0.4, -0.2) is 0 Å². The van der Waals surface area contributed by atoms with Crippen molar-refractivity contribution < 1.29 is 4.42 Å². The van der Waals surface area contributed by atoms with Gasteiger partial charge in [0.2, 0.25) is 0 Å². The van der Waals surface area contributed by atoms with Crippen molar-refractivity contribution in [3.63, 3.8) is 0 Å². The molecule has 1 aromatic heterocycles. The molecule has 2 heteroatoms. The van der Waals surface area contributed by atoms with Crippen molar-refractivity contribution in [1.82, 2.24) is 0 Å². The van der Waals surface area contributed by atoms with Crippen LogP contribution < -0.4 is 5.32 Å². The molecule has 5 unspecified atom stereocenters. The number of rotatable bonds is 2. The Hall–Kier alpha value is -4.04. The topological polar surface area (TPSA) is 25.2 Å². The molecule has 4 bridgehead atoms. The van der Waals surface area contributed by atoms with Crippen molar-refractivity contribution in [2.75, 3.05) is 5.32 Å². The lowest BCUT2D eigenvalue weighted by atomic mass is 9.59. The third-order valence-electron chi connectivity index (χ3n) is 11.9. The van der Waals surface area contributed by atoms with Gasteiger partial charge in [0, 0.05) is 33.6 Å². The monoisotopic (exact) mass is 559 g/mol. The summed E-state index contributed by atoms with van der Waals surface area (Å²) in [7, 11) is 0. The second-order valence-corrected chi connectivity index (χ2v) is 15.1. The number of hydrogen-bond acceptors (Lipinski definition) is 2. The summed E-state index contributed by atoms with van der Waals surface area (Å²) in [6, 6.07) is 34.2. The highest BCUT2D eigenvalue weighted by atomic mass is 16.3. The average Bonchev–Trinajstić information content (AvgIpc) is 3.66. The fraction of sp³-hybridized carbons (Fsp3) is 0.317. The quantitative estimate of drug-likeness (QED) is 0.228. The Morgan fingerprint density at radius 2 is 1.40 bits per heavy atom. The lowest BCUT2D eigenvalue weighted by Gasteiger charge is -2.44. The van der Waals surface area contributed by atoms with Crippen molar-refractivity contribution in [3.8, 4) is 11.1 Å². The molecule has 0 aliphatic heterocycles. The molecule has 1 spiro atoms. The van der Waals surface area contributed by atoms with Crippen LogP contribution in [0.25, 0.3) is 43.8 Å². The third-order valence-corrected chi connectivity index (χ3v) is 11.9. The summed E-state index contributed by atoms with van der Waals surface area (Å²) in [6.45, 7) is 7.08. The highest BCUT2D eigenvalue weighted by Gasteiger charge is 2.66. The summed E-state index contributed by atoms with van der Waals surface area (Å²) < 4.78 is 6.40. The van der Waals surface area contributed by atoms with Crippen LogP contribution in [0.5, 0.6) is 0 Å². The van der Waals surface area contributed by atoms with E-state index in [2.05, 4.69) is 117 Å². The Labute approximate surface area is 253 Å². The first-order valence-corrected chi connectivity index (χ1v) is 16.3. The highest BCUT2D eigenvalue weighted by molar-refractivity contribution is 6.10. The summed E-state index contributed by atoms with van der Waals surface area (Å²) >= 11 is 0. The molecule has 5 aliphatic rings. The lowest BCUT2D eigenvalue weighted by Crippen LogP contribution is -2.40.